The molecule has 0 aliphatic rings. The third-order valence-electron chi connectivity index (χ3n) is 1.83. The molecule has 114 valence electrons. The molecule has 0 aliphatic heterocycles. The number of hydrogen-bond acceptors (Lipinski definition) is 2. The number of hydrogen-bond donors (Lipinski definition) is 2. The van der Waals surface area contributed by atoms with Gasteiger partial charge in [-0.3, -0.25) is 4.79 Å². The Morgan fingerprint density at radius 2 is 1.50 bits per heavy atom. The van der Waals surface area contributed by atoms with E-state index in [4.69, 9.17) is 22.1 Å². The van der Waals surface area contributed by atoms with Gasteiger partial charge in [-0.2, -0.15) is 0 Å². The van der Waals surface area contributed by atoms with Gasteiger partial charge in [-0.1, -0.05) is 38.9 Å². The van der Waals surface area contributed by atoms with Crippen molar-refractivity contribution in [1.29, 1.82) is 0 Å². The normalized spacial score (nSPS) is 8.00. The smallest absolute Gasteiger partial charge is 0.300 e. The van der Waals surface area contributed by atoms with Crippen LogP contribution < -0.4 is 0 Å². The summed E-state index contributed by atoms with van der Waals surface area (Å²) in [5.74, 6) is -0.833. The van der Waals surface area contributed by atoms with Gasteiger partial charge in [0.05, 0.1) is 0 Å². The van der Waals surface area contributed by atoms with Crippen LogP contribution >= 0.6 is 24.8 Å². The Balaban J connectivity index is -0.000000143. The van der Waals surface area contributed by atoms with Gasteiger partial charge in [0.2, 0.25) is 0 Å². The van der Waals surface area contributed by atoms with Gasteiger partial charge in [-0.05, 0) is 12.8 Å². The van der Waals surface area contributed by atoms with E-state index in [1.165, 1.54) is 25.7 Å². The molecule has 18 heavy (non-hydrogen) atoms. The minimum Gasteiger partial charge on any atom is -0.481 e. The van der Waals surface area contributed by atoms with Crippen molar-refractivity contribution in [2.75, 3.05) is 13.1 Å². The first-order valence-electron chi connectivity index (χ1n) is 5.63. The predicted molar refractivity (Wildman–Crippen MR) is 76.3 cm³/mol. The van der Waals surface area contributed by atoms with E-state index in [0.29, 0.717) is 0 Å². The van der Waals surface area contributed by atoms with Crippen LogP contribution in [0.4, 0.5) is 0 Å². The average molecular weight is 384 g/mol. The molecule has 3 nitrogen and oxygen atoms in total. The van der Waals surface area contributed by atoms with Gasteiger partial charge >= 0.3 is 0 Å². The van der Waals surface area contributed by atoms with Crippen molar-refractivity contribution in [2.24, 2.45) is 0 Å². The summed E-state index contributed by atoms with van der Waals surface area (Å²) in [6.45, 7) is 7.61. The van der Waals surface area contributed by atoms with E-state index < -0.39 is 5.97 Å². The molecular weight excluding hydrogens is 361 g/mol. The molecule has 0 aromatic carbocycles. The summed E-state index contributed by atoms with van der Waals surface area (Å²) in [4.78, 5) is 11.2. The Morgan fingerprint density at radius 1 is 1.22 bits per heavy atom. The number of carboxylic acids is 1. The molecule has 0 aromatic rings. The zero-order valence-electron chi connectivity index (χ0n) is 11.1. The van der Waals surface area contributed by atoms with Gasteiger partial charge in [-0.15, -0.1) is 12.6 Å². The maximum absolute atomic E-state index is 9.00. The quantitative estimate of drug-likeness (QED) is 0.420. The van der Waals surface area contributed by atoms with Crippen LogP contribution in [0.1, 0.15) is 46.5 Å². The number of thiocarbonyl (C=S) groups is 1. The van der Waals surface area contributed by atoms with Crippen LogP contribution in [0.5, 0.6) is 0 Å². The Labute approximate surface area is 143 Å². The van der Waals surface area contributed by atoms with Gasteiger partial charge in [-0.25, -0.2) is 0 Å². The minimum absolute atomic E-state index is 0. The number of aliphatic carboxylic acids is 1. The average Bonchev–Trinajstić information content (AvgIpc) is 2.16. The SMILES string of the molecule is CC(=O)O.CCCCN(CCCC)C(=S)S.[Cu].[Mn]. The molecule has 2 radical (unpaired) electrons. The van der Waals surface area contributed by atoms with Crippen molar-refractivity contribution in [3.8, 4) is 0 Å². The summed E-state index contributed by atoms with van der Waals surface area (Å²) < 4.78 is 0.747. The molecular formula is C11H23CuMnNO2S2. The second-order valence-electron chi connectivity index (χ2n) is 3.50. The molecule has 7 heteroatoms. The Hall–Kier alpha value is 0.749. The number of unbranched alkanes of at least 4 members (excludes halogenated alkanes) is 2. The summed E-state index contributed by atoms with van der Waals surface area (Å²) in [7, 11) is 0. The van der Waals surface area contributed by atoms with E-state index in [1.807, 2.05) is 0 Å². The Morgan fingerprint density at radius 3 is 1.67 bits per heavy atom. The zero-order chi connectivity index (χ0) is 13.0. The summed E-state index contributed by atoms with van der Waals surface area (Å²) in [6.07, 6.45) is 4.87. The van der Waals surface area contributed by atoms with E-state index in [-0.39, 0.29) is 34.1 Å². The molecule has 0 rings (SSSR count). The zero-order valence-corrected chi connectivity index (χ0v) is 14.9. The van der Waals surface area contributed by atoms with Crippen LogP contribution in [0.2, 0.25) is 0 Å². The Kier molecular flexibility index (Phi) is 30.3. The third-order valence-corrected chi connectivity index (χ3v) is 2.37. The van der Waals surface area contributed by atoms with Crippen LogP contribution in [0.3, 0.4) is 0 Å². The molecule has 0 saturated carbocycles. The Bertz CT molecular complexity index is 197. The fourth-order valence-electron chi connectivity index (χ4n) is 1.00. The van der Waals surface area contributed by atoms with Crippen molar-refractivity contribution in [1.82, 2.24) is 4.90 Å². The summed E-state index contributed by atoms with van der Waals surface area (Å²) >= 11 is 9.23. The second-order valence-corrected chi connectivity index (χ2v) is 4.61. The van der Waals surface area contributed by atoms with E-state index in [1.54, 1.807) is 0 Å². The topological polar surface area (TPSA) is 40.5 Å². The molecule has 0 heterocycles. The number of nitrogens with zero attached hydrogens (tertiary/aromatic N) is 1. The second kappa shape index (κ2) is 20.1. The molecule has 0 aromatic heterocycles. The standard InChI is InChI=1S/C9H19NS2.C2H4O2.Cu.Mn/c1-3-5-7-10(9(11)12)8-6-4-2;1-2(3)4;;/h3-8H2,1-2H3,(H,11,12);1H3,(H,3,4);;. The molecule has 0 fully saturated rings. The molecule has 0 atom stereocenters. The maximum atomic E-state index is 9.00. The minimum atomic E-state index is -0.833. The molecule has 0 saturated heterocycles. The number of carbonyl (C=O) groups is 1. The van der Waals surface area contributed by atoms with Crippen molar-refractivity contribution in [2.45, 2.75) is 46.5 Å². The molecule has 0 bridgehead atoms. The largest absolute Gasteiger partial charge is 0.481 e. The third kappa shape index (κ3) is 25.6. The van der Waals surface area contributed by atoms with Crippen molar-refractivity contribution < 1.29 is 44.0 Å². The van der Waals surface area contributed by atoms with Crippen LogP contribution in [0.15, 0.2) is 0 Å². The number of carboxylic acid groups (broad SMARTS) is 1. The first-order chi connectivity index (χ1) is 7.45. The molecule has 0 unspecified atom stereocenters. The summed E-state index contributed by atoms with van der Waals surface area (Å²) in [5, 5.41) is 7.42. The van der Waals surface area contributed by atoms with Gasteiger partial charge < -0.3 is 10.0 Å². The van der Waals surface area contributed by atoms with Crippen LogP contribution in [0.25, 0.3) is 0 Å². The van der Waals surface area contributed by atoms with Crippen LogP contribution in [0, 0.1) is 0 Å². The molecule has 0 amide bonds. The van der Waals surface area contributed by atoms with Gasteiger partial charge in [0.25, 0.3) is 5.97 Å². The van der Waals surface area contributed by atoms with Crippen molar-refractivity contribution in [3.63, 3.8) is 0 Å². The van der Waals surface area contributed by atoms with E-state index >= 15 is 0 Å². The fraction of sp³-hybridized carbons (Fsp3) is 0.818. The maximum Gasteiger partial charge on any atom is 0.300 e. The van der Waals surface area contributed by atoms with Crippen molar-refractivity contribution >= 4 is 35.1 Å². The van der Waals surface area contributed by atoms with Gasteiger partial charge in [0.1, 0.15) is 4.32 Å². The van der Waals surface area contributed by atoms with Gasteiger partial charge in [0, 0.05) is 54.2 Å². The molecule has 0 spiro atoms. The van der Waals surface area contributed by atoms with E-state index in [2.05, 4.69) is 31.4 Å². The first kappa shape index (κ1) is 27.2. The summed E-state index contributed by atoms with van der Waals surface area (Å²) in [6, 6.07) is 0. The first-order valence-corrected chi connectivity index (χ1v) is 6.48. The van der Waals surface area contributed by atoms with Crippen LogP contribution in [-0.2, 0) is 38.9 Å². The van der Waals surface area contributed by atoms with E-state index in [0.717, 1.165) is 24.3 Å². The number of thiol groups is 1. The fourth-order valence-corrected chi connectivity index (χ4v) is 1.38. The predicted octanol–water partition coefficient (Wildman–Crippen LogP) is 3.19. The van der Waals surface area contributed by atoms with Crippen molar-refractivity contribution in [3.05, 3.63) is 0 Å². The van der Waals surface area contributed by atoms with Crippen LogP contribution in [-0.4, -0.2) is 33.4 Å². The molecule has 1 N–H and O–H groups in total. The number of rotatable bonds is 6. The summed E-state index contributed by atoms with van der Waals surface area (Å²) in [5.41, 5.74) is 0. The van der Waals surface area contributed by atoms with E-state index in [9.17, 15) is 0 Å². The monoisotopic (exact) mass is 383 g/mol. The van der Waals surface area contributed by atoms with Gasteiger partial charge in [0.15, 0.2) is 0 Å². The molecule has 0 aliphatic carbocycles.